The first-order valence-electron chi connectivity index (χ1n) is 7.32. The van der Waals surface area contributed by atoms with Gasteiger partial charge in [-0.2, -0.15) is 0 Å². The van der Waals surface area contributed by atoms with Gasteiger partial charge in [-0.3, -0.25) is 14.5 Å². The summed E-state index contributed by atoms with van der Waals surface area (Å²) in [5.74, 6) is 0.398. The summed E-state index contributed by atoms with van der Waals surface area (Å²) in [4.78, 5) is 26.6. The molecule has 2 amide bonds. The lowest BCUT2D eigenvalue weighted by Crippen LogP contribution is -2.31. The fraction of sp³-hybridized carbons (Fsp3) is 0.294. The smallest absolute Gasteiger partial charge is 0.268 e. The van der Waals surface area contributed by atoms with Crippen LogP contribution >= 0.6 is 11.8 Å². The van der Waals surface area contributed by atoms with Crippen molar-refractivity contribution in [1.82, 2.24) is 4.90 Å². The molecule has 0 saturated heterocycles. The van der Waals surface area contributed by atoms with Gasteiger partial charge in [0.15, 0.2) is 0 Å². The molecule has 0 fully saturated rings. The molecule has 0 aromatic heterocycles. The average molecular weight is 333 g/mol. The summed E-state index contributed by atoms with van der Waals surface area (Å²) in [6, 6.07) is 7.08. The number of imide groups is 1. The van der Waals surface area contributed by atoms with E-state index >= 15 is 0 Å². The second kappa shape index (κ2) is 7.99. The van der Waals surface area contributed by atoms with E-state index in [-0.39, 0.29) is 25.0 Å². The standard InChI is InChI=1S/C17H19NO4S/c1-3-9-18-16(20)14(15(17(18)21)23-11-10-19)12-5-7-13(8-6-12)22-4-2/h3,5-8,19H,1,4,9-11H2,2H3. The minimum absolute atomic E-state index is 0.0619. The highest BCUT2D eigenvalue weighted by Gasteiger charge is 2.38. The molecule has 6 heteroatoms. The van der Waals surface area contributed by atoms with E-state index in [9.17, 15) is 9.59 Å². The van der Waals surface area contributed by atoms with Gasteiger partial charge in [0, 0.05) is 12.3 Å². The zero-order valence-electron chi connectivity index (χ0n) is 12.9. The molecular formula is C17H19NO4S. The molecule has 122 valence electrons. The number of nitrogens with zero attached hydrogens (tertiary/aromatic N) is 1. The summed E-state index contributed by atoms with van der Waals surface area (Å²) in [6.07, 6.45) is 1.52. The molecule has 0 atom stereocenters. The van der Waals surface area contributed by atoms with Gasteiger partial charge >= 0.3 is 0 Å². The van der Waals surface area contributed by atoms with E-state index in [1.807, 2.05) is 6.92 Å². The van der Waals surface area contributed by atoms with Crippen molar-refractivity contribution in [3.8, 4) is 5.75 Å². The van der Waals surface area contributed by atoms with Crippen molar-refractivity contribution in [3.63, 3.8) is 0 Å². The summed E-state index contributed by atoms with van der Waals surface area (Å²) in [7, 11) is 0. The fourth-order valence-corrected chi connectivity index (χ4v) is 3.15. The van der Waals surface area contributed by atoms with Crippen LogP contribution in [0.1, 0.15) is 12.5 Å². The average Bonchev–Trinajstić information content (AvgIpc) is 2.79. The summed E-state index contributed by atoms with van der Waals surface area (Å²) in [6.45, 7) is 6.14. The Morgan fingerprint density at radius 3 is 2.52 bits per heavy atom. The van der Waals surface area contributed by atoms with Crippen LogP contribution in [0.2, 0.25) is 0 Å². The third-order valence-corrected chi connectivity index (χ3v) is 4.28. The van der Waals surface area contributed by atoms with Gasteiger partial charge < -0.3 is 9.84 Å². The van der Waals surface area contributed by atoms with Crippen LogP contribution in [-0.2, 0) is 9.59 Å². The maximum Gasteiger partial charge on any atom is 0.268 e. The van der Waals surface area contributed by atoms with Gasteiger partial charge in [0.25, 0.3) is 11.8 Å². The summed E-state index contributed by atoms with van der Waals surface area (Å²) < 4.78 is 5.39. The molecule has 2 rings (SSSR count). The van der Waals surface area contributed by atoms with Crippen molar-refractivity contribution in [3.05, 3.63) is 47.4 Å². The third-order valence-electron chi connectivity index (χ3n) is 3.23. The maximum atomic E-state index is 12.6. The Bertz CT molecular complexity index is 636. The molecule has 1 N–H and O–H groups in total. The highest BCUT2D eigenvalue weighted by molar-refractivity contribution is 8.04. The number of aliphatic hydroxyl groups is 1. The number of thioether (sulfide) groups is 1. The molecule has 1 aromatic rings. The Kier molecular flexibility index (Phi) is 6.01. The minimum atomic E-state index is -0.336. The first kappa shape index (κ1) is 17.3. The van der Waals surface area contributed by atoms with E-state index in [4.69, 9.17) is 9.84 Å². The number of rotatable bonds is 8. The topological polar surface area (TPSA) is 66.8 Å². The molecule has 0 saturated carbocycles. The first-order chi connectivity index (χ1) is 11.1. The van der Waals surface area contributed by atoms with E-state index in [1.54, 1.807) is 24.3 Å². The molecule has 0 bridgehead atoms. The van der Waals surface area contributed by atoms with Crippen LogP contribution in [0.5, 0.6) is 5.75 Å². The van der Waals surface area contributed by atoms with Crippen LogP contribution in [0.15, 0.2) is 41.8 Å². The Hall–Kier alpha value is -2.05. The first-order valence-corrected chi connectivity index (χ1v) is 8.30. The van der Waals surface area contributed by atoms with Gasteiger partial charge in [0.05, 0.1) is 23.7 Å². The summed E-state index contributed by atoms with van der Waals surface area (Å²) in [5, 5.41) is 9.01. The molecule has 1 heterocycles. The number of benzene rings is 1. The molecule has 5 nitrogen and oxygen atoms in total. The Balaban J connectivity index is 2.39. The molecular weight excluding hydrogens is 314 g/mol. The monoisotopic (exact) mass is 333 g/mol. The Morgan fingerprint density at radius 1 is 1.26 bits per heavy atom. The zero-order valence-corrected chi connectivity index (χ0v) is 13.8. The fourth-order valence-electron chi connectivity index (χ4n) is 2.27. The number of carbonyl (C=O) groups is 2. The number of amides is 2. The predicted octanol–water partition coefficient (Wildman–Crippen LogP) is 2.08. The second-order valence-electron chi connectivity index (χ2n) is 4.74. The summed E-state index contributed by atoms with van der Waals surface area (Å²) >= 11 is 1.19. The molecule has 23 heavy (non-hydrogen) atoms. The lowest BCUT2D eigenvalue weighted by atomic mass is 10.1. The lowest BCUT2D eigenvalue weighted by molar-refractivity contribution is -0.135. The van der Waals surface area contributed by atoms with E-state index in [0.29, 0.717) is 34.2 Å². The van der Waals surface area contributed by atoms with Gasteiger partial charge in [-0.15, -0.1) is 18.3 Å². The van der Waals surface area contributed by atoms with Crippen LogP contribution in [-0.4, -0.2) is 47.3 Å². The number of carbonyl (C=O) groups excluding carboxylic acids is 2. The third kappa shape index (κ3) is 3.65. The van der Waals surface area contributed by atoms with Crippen LogP contribution in [0.3, 0.4) is 0 Å². The molecule has 0 spiro atoms. The van der Waals surface area contributed by atoms with Gasteiger partial charge in [-0.1, -0.05) is 18.2 Å². The number of ether oxygens (including phenoxy) is 1. The summed E-state index contributed by atoms with van der Waals surface area (Å²) in [5.41, 5.74) is 1.04. The van der Waals surface area contributed by atoms with Crippen molar-refractivity contribution in [2.75, 3.05) is 25.5 Å². The quantitative estimate of drug-likeness (QED) is 0.583. The van der Waals surface area contributed by atoms with Gasteiger partial charge in [-0.05, 0) is 24.6 Å². The highest BCUT2D eigenvalue weighted by Crippen LogP contribution is 2.36. The van der Waals surface area contributed by atoms with E-state index in [2.05, 4.69) is 6.58 Å². The molecule has 1 aromatic carbocycles. The SMILES string of the molecule is C=CCN1C(=O)C(SCCO)=C(c2ccc(OCC)cc2)C1=O. The largest absolute Gasteiger partial charge is 0.494 e. The Labute approximate surface area is 139 Å². The van der Waals surface area contributed by atoms with Gasteiger partial charge in [0.2, 0.25) is 0 Å². The lowest BCUT2D eigenvalue weighted by Gasteiger charge is -2.12. The maximum absolute atomic E-state index is 12.6. The molecule has 0 unspecified atom stereocenters. The molecule has 0 aliphatic carbocycles. The number of hydrogen-bond acceptors (Lipinski definition) is 5. The predicted molar refractivity (Wildman–Crippen MR) is 91.0 cm³/mol. The van der Waals surface area contributed by atoms with Crippen molar-refractivity contribution in [2.24, 2.45) is 0 Å². The van der Waals surface area contributed by atoms with Crippen LogP contribution in [0, 0.1) is 0 Å². The number of aliphatic hydroxyl groups excluding tert-OH is 1. The highest BCUT2D eigenvalue weighted by atomic mass is 32.2. The van der Waals surface area contributed by atoms with Crippen LogP contribution < -0.4 is 4.74 Å². The second-order valence-corrected chi connectivity index (χ2v) is 5.85. The van der Waals surface area contributed by atoms with Gasteiger partial charge in [-0.25, -0.2) is 0 Å². The minimum Gasteiger partial charge on any atom is -0.494 e. The zero-order chi connectivity index (χ0) is 16.8. The normalized spacial score (nSPS) is 14.6. The van der Waals surface area contributed by atoms with E-state index in [0.717, 1.165) is 0 Å². The van der Waals surface area contributed by atoms with Crippen LogP contribution in [0.25, 0.3) is 5.57 Å². The molecule has 0 radical (unpaired) electrons. The van der Waals surface area contributed by atoms with Crippen molar-refractivity contribution in [2.45, 2.75) is 6.92 Å². The van der Waals surface area contributed by atoms with Crippen molar-refractivity contribution in [1.29, 1.82) is 0 Å². The Morgan fingerprint density at radius 2 is 1.96 bits per heavy atom. The van der Waals surface area contributed by atoms with Crippen LogP contribution in [0.4, 0.5) is 0 Å². The molecule has 1 aliphatic rings. The number of hydrogen-bond donors (Lipinski definition) is 1. The van der Waals surface area contributed by atoms with E-state index in [1.165, 1.54) is 22.7 Å². The van der Waals surface area contributed by atoms with Crippen molar-refractivity contribution >= 4 is 29.1 Å². The van der Waals surface area contributed by atoms with E-state index < -0.39 is 0 Å². The molecule has 1 aliphatic heterocycles. The van der Waals surface area contributed by atoms with Crippen molar-refractivity contribution < 1.29 is 19.4 Å². The van der Waals surface area contributed by atoms with Gasteiger partial charge in [0.1, 0.15) is 5.75 Å².